The summed E-state index contributed by atoms with van der Waals surface area (Å²) in [6.45, 7) is 0. The van der Waals surface area contributed by atoms with Crippen LogP contribution in [0.4, 0.5) is 5.95 Å². The van der Waals surface area contributed by atoms with Crippen LogP contribution in [0.1, 0.15) is 5.56 Å². The standard InChI is InChI=1S/C9H10N6O/c1-16-8-5-3-2-4-7(8)6-10-11-9-12-14-15-13-9/h2-6H,1H3,(H2,11,12,13,14,15)/b10-6+. The van der Waals surface area contributed by atoms with E-state index in [1.165, 1.54) is 0 Å². The molecule has 82 valence electrons. The molecule has 0 aliphatic rings. The van der Waals surface area contributed by atoms with E-state index in [-0.39, 0.29) is 0 Å². The molecule has 2 rings (SSSR count). The smallest absolute Gasteiger partial charge is 0.283 e. The minimum absolute atomic E-state index is 0.311. The van der Waals surface area contributed by atoms with Gasteiger partial charge in [0, 0.05) is 5.56 Å². The summed E-state index contributed by atoms with van der Waals surface area (Å²) in [4.78, 5) is 0. The summed E-state index contributed by atoms with van der Waals surface area (Å²) < 4.78 is 5.16. The number of nitrogens with one attached hydrogen (secondary N) is 2. The van der Waals surface area contributed by atoms with Crippen LogP contribution in [0.3, 0.4) is 0 Å². The quantitative estimate of drug-likeness (QED) is 0.581. The van der Waals surface area contributed by atoms with Crippen LogP contribution >= 0.6 is 0 Å². The summed E-state index contributed by atoms with van der Waals surface area (Å²) in [7, 11) is 1.61. The number of nitrogens with zero attached hydrogens (tertiary/aromatic N) is 4. The van der Waals surface area contributed by atoms with Gasteiger partial charge in [-0.05, 0) is 17.3 Å². The molecule has 2 N–H and O–H groups in total. The maximum Gasteiger partial charge on any atom is 0.283 e. The number of H-pyrrole nitrogens is 1. The van der Waals surface area contributed by atoms with Gasteiger partial charge in [-0.2, -0.15) is 10.3 Å². The molecule has 1 aromatic carbocycles. The molecule has 1 heterocycles. The minimum Gasteiger partial charge on any atom is -0.496 e. The van der Waals surface area contributed by atoms with E-state index < -0.39 is 0 Å². The highest BCUT2D eigenvalue weighted by molar-refractivity contribution is 5.83. The number of hydrogen-bond acceptors (Lipinski definition) is 6. The first-order valence-electron chi connectivity index (χ1n) is 4.55. The van der Waals surface area contributed by atoms with Gasteiger partial charge < -0.3 is 4.74 Å². The third-order valence-electron chi connectivity index (χ3n) is 1.85. The predicted octanol–water partition coefficient (Wildman–Crippen LogP) is 0.654. The van der Waals surface area contributed by atoms with Crippen molar-refractivity contribution in [3.8, 4) is 5.75 Å². The average Bonchev–Trinajstić information content (AvgIpc) is 2.83. The van der Waals surface area contributed by atoms with Crippen molar-refractivity contribution in [3.05, 3.63) is 29.8 Å². The second kappa shape index (κ2) is 4.87. The summed E-state index contributed by atoms with van der Waals surface area (Å²) in [6.07, 6.45) is 1.62. The molecule has 0 radical (unpaired) electrons. The fraction of sp³-hybridized carbons (Fsp3) is 0.111. The average molecular weight is 218 g/mol. The summed E-state index contributed by atoms with van der Waals surface area (Å²) >= 11 is 0. The van der Waals surface area contributed by atoms with Gasteiger partial charge in [0.1, 0.15) is 5.75 Å². The van der Waals surface area contributed by atoms with Gasteiger partial charge in [-0.25, -0.2) is 5.43 Å². The molecule has 0 saturated carbocycles. The van der Waals surface area contributed by atoms with E-state index in [1.54, 1.807) is 13.3 Å². The van der Waals surface area contributed by atoms with Gasteiger partial charge in [-0.1, -0.05) is 17.2 Å². The Morgan fingerprint density at radius 1 is 1.44 bits per heavy atom. The number of aromatic amines is 1. The molecular formula is C9H10N6O. The zero-order valence-corrected chi connectivity index (χ0v) is 8.58. The van der Waals surface area contributed by atoms with Crippen LogP contribution < -0.4 is 10.2 Å². The van der Waals surface area contributed by atoms with Gasteiger partial charge in [0.05, 0.1) is 13.3 Å². The molecular weight excluding hydrogens is 208 g/mol. The first-order valence-corrected chi connectivity index (χ1v) is 4.55. The van der Waals surface area contributed by atoms with Gasteiger partial charge in [0.25, 0.3) is 5.95 Å². The second-order valence-corrected chi connectivity index (χ2v) is 2.85. The Kier molecular flexibility index (Phi) is 3.07. The van der Waals surface area contributed by atoms with E-state index in [4.69, 9.17) is 4.74 Å². The zero-order valence-electron chi connectivity index (χ0n) is 8.58. The molecule has 0 unspecified atom stereocenters. The number of para-hydroxylation sites is 1. The molecule has 0 fully saturated rings. The van der Waals surface area contributed by atoms with E-state index in [1.807, 2.05) is 24.3 Å². The van der Waals surface area contributed by atoms with Gasteiger partial charge in [0.2, 0.25) is 0 Å². The van der Waals surface area contributed by atoms with Crippen molar-refractivity contribution in [2.24, 2.45) is 5.10 Å². The van der Waals surface area contributed by atoms with Crippen LogP contribution in [0.2, 0.25) is 0 Å². The number of benzene rings is 1. The molecule has 0 bridgehead atoms. The normalized spacial score (nSPS) is 10.6. The number of hydrazone groups is 1. The fourth-order valence-corrected chi connectivity index (χ4v) is 1.14. The van der Waals surface area contributed by atoms with E-state index in [9.17, 15) is 0 Å². The highest BCUT2D eigenvalue weighted by Gasteiger charge is 1.97. The molecule has 1 aromatic heterocycles. The molecule has 0 spiro atoms. The van der Waals surface area contributed by atoms with Crippen molar-refractivity contribution in [3.63, 3.8) is 0 Å². The van der Waals surface area contributed by atoms with Crippen molar-refractivity contribution < 1.29 is 4.74 Å². The van der Waals surface area contributed by atoms with Crippen molar-refractivity contribution in [1.29, 1.82) is 0 Å². The summed E-state index contributed by atoms with van der Waals surface area (Å²) in [5.74, 6) is 1.06. The largest absolute Gasteiger partial charge is 0.496 e. The molecule has 7 nitrogen and oxygen atoms in total. The number of anilines is 1. The Morgan fingerprint density at radius 3 is 3.06 bits per heavy atom. The Morgan fingerprint density at radius 2 is 2.31 bits per heavy atom. The highest BCUT2D eigenvalue weighted by atomic mass is 16.5. The SMILES string of the molecule is COc1ccccc1/C=N/Nc1nn[nH]n1. The lowest BCUT2D eigenvalue weighted by atomic mass is 10.2. The zero-order chi connectivity index (χ0) is 11.2. The Balaban J connectivity index is 2.05. The molecule has 16 heavy (non-hydrogen) atoms. The number of ether oxygens (including phenoxy) is 1. The maximum absolute atomic E-state index is 5.16. The number of hydrogen-bond donors (Lipinski definition) is 2. The number of aromatic nitrogens is 4. The van der Waals surface area contributed by atoms with Crippen molar-refractivity contribution >= 4 is 12.2 Å². The third kappa shape index (κ3) is 2.32. The summed E-state index contributed by atoms with van der Waals surface area (Å²) in [6, 6.07) is 7.54. The van der Waals surface area contributed by atoms with Gasteiger partial charge in [0.15, 0.2) is 0 Å². The lowest BCUT2D eigenvalue weighted by molar-refractivity contribution is 0.414. The van der Waals surface area contributed by atoms with E-state index in [0.717, 1.165) is 11.3 Å². The van der Waals surface area contributed by atoms with Crippen molar-refractivity contribution in [2.45, 2.75) is 0 Å². The van der Waals surface area contributed by atoms with Crippen molar-refractivity contribution in [1.82, 2.24) is 20.6 Å². The van der Waals surface area contributed by atoms with E-state index in [0.29, 0.717) is 5.95 Å². The van der Waals surface area contributed by atoms with Crippen LogP contribution in [-0.4, -0.2) is 33.9 Å². The number of methoxy groups -OCH3 is 1. The van der Waals surface area contributed by atoms with Gasteiger partial charge in [-0.15, -0.1) is 5.10 Å². The van der Waals surface area contributed by atoms with E-state index in [2.05, 4.69) is 31.2 Å². The highest BCUT2D eigenvalue weighted by Crippen LogP contribution is 2.14. The first-order chi connectivity index (χ1) is 7.90. The van der Waals surface area contributed by atoms with Gasteiger partial charge >= 0.3 is 0 Å². The van der Waals surface area contributed by atoms with Crippen LogP contribution in [-0.2, 0) is 0 Å². The Labute approximate surface area is 91.5 Å². The number of tetrazole rings is 1. The third-order valence-corrected chi connectivity index (χ3v) is 1.85. The molecule has 7 heteroatoms. The maximum atomic E-state index is 5.16. The van der Waals surface area contributed by atoms with E-state index >= 15 is 0 Å². The molecule has 2 aromatic rings. The minimum atomic E-state index is 0.311. The monoisotopic (exact) mass is 218 g/mol. The fourth-order valence-electron chi connectivity index (χ4n) is 1.14. The van der Waals surface area contributed by atoms with Gasteiger partial charge in [-0.3, -0.25) is 0 Å². The Hall–Kier alpha value is -2.44. The molecule has 0 aliphatic carbocycles. The second-order valence-electron chi connectivity index (χ2n) is 2.85. The summed E-state index contributed by atoms with van der Waals surface area (Å²) in [5.41, 5.74) is 3.48. The molecule has 0 saturated heterocycles. The van der Waals surface area contributed by atoms with Crippen molar-refractivity contribution in [2.75, 3.05) is 12.5 Å². The van der Waals surface area contributed by atoms with Crippen LogP contribution in [0.25, 0.3) is 0 Å². The molecule has 0 aliphatic heterocycles. The Bertz CT molecular complexity index is 467. The van der Waals surface area contributed by atoms with Crippen LogP contribution in [0.15, 0.2) is 29.4 Å². The van der Waals surface area contributed by atoms with Crippen LogP contribution in [0.5, 0.6) is 5.75 Å². The summed E-state index contributed by atoms with van der Waals surface area (Å²) in [5, 5.41) is 17.0. The lowest BCUT2D eigenvalue weighted by Gasteiger charge is -2.02. The number of rotatable bonds is 4. The van der Waals surface area contributed by atoms with Crippen LogP contribution in [0, 0.1) is 0 Å². The predicted molar refractivity (Wildman–Crippen MR) is 58.4 cm³/mol. The lowest BCUT2D eigenvalue weighted by Crippen LogP contribution is -1.94. The first kappa shape index (κ1) is 10.1. The topological polar surface area (TPSA) is 88.1 Å². The molecule has 0 atom stereocenters. The molecule has 0 amide bonds.